The molecule has 4 N–H and O–H groups in total. The molecule has 36 heavy (non-hydrogen) atoms. The van der Waals surface area contributed by atoms with Gasteiger partial charge in [0.2, 0.25) is 0 Å². The SMILES string of the molecule is Cc1nc(C([SH]2C[C@H](O)[C@H](n3cc(-c4cc(F)c(F)c(F)c4)nn3)[C@@H](O)[C@H]2CO)C(C)(C)O)c(C)s1. The number of hydrogen-bond donors (Lipinski definition) is 5. The summed E-state index contributed by atoms with van der Waals surface area (Å²) in [6, 6.07) is 0.545. The molecule has 3 heterocycles. The van der Waals surface area contributed by atoms with Crippen LogP contribution in [-0.4, -0.2) is 75.8 Å². The second kappa shape index (κ2) is 10.0. The smallest absolute Gasteiger partial charge is 0.194 e. The van der Waals surface area contributed by atoms with Gasteiger partial charge in [-0.25, -0.2) is 33.7 Å². The number of benzene rings is 1. The van der Waals surface area contributed by atoms with E-state index in [2.05, 4.69) is 15.3 Å². The van der Waals surface area contributed by atoms with Crippen LogP contribution in [0.25, 0.3) is 11.3 Å². The van der Waals surface area contributed by atoms with E-state index in [9.17, 15) is 33.6 Å². The molecule has 4 rings (SSSR count). The maximum absolute atomic E-state index is 13.7. The van der Waals surface area contributed by atoms with E-state index < -0.39 is 69.3 Å². The van der Waals surface area contributed by atoms with Crippen molar-refractivity contribution in [3.63, 3.8) is 0 Å². The molecule has 1 aliphatic heterocycles. The summed E-state index contributed by atoms with van der Waals surface area (Å²) in [5, 5.41) is 51.3. The highest BCUT2D eigenvalue weighted by Crippen LogP contribution is 2.57. The first-order valence-corrected chi connectivity index (χ1v) is 13.8. The van der Waals surface area contributed by atoms with Crippen molar-refractivity contribution in [1.82, 2.24) is 20.0 Å². The quantitative estimate of drug-likeness (QED) is 0.238. The Balaban J connectivity index is 1.68. The fraction of sp³-hybridized carbons (Fsp3) is 0.522. The first kappa shape index (κ1) is 27.0. The van der Waals surface area contributed by atoms with Gasteiger partial charge < -0.3 is 20.4 Å². The highest BCUT2D eigenvalue weighted by Gasteiger charge is 2.49. The van der Waals surface area contributed by atoms with Crippen LogP contribution in [0.15, 0.2) is 18.3 Å². The number of aliphatic hydroxyl groups is 4. The lowest BCUT2D eigenvalue weighted by molar-refractivity contribution is 0.00566. The number of aliphatic hydroxyl groups excluding tert-OH is 3. The summed E-state index contributed by atoms with van der Waals surface area (Å²) in [5.74, 6) is -4.19. The standard InChI is InChI=1S/C23H29F3N4O4S2/c1-10-19(27-11(2)35-10)22(23(3,4)34)36-9-16(32)20(21(33)17(36)8-31)30-7-15(28-29-30)12-5-13(24)18(26)14(25)6-12/h5-7,16-17,20-22,31-34,36H,8-9H2,1-4H3/t16-,17+,20-,21-,22?/m0/s1. The molecule has 2 unspecified atom stereocenters. The largest absolute Gasteiger partial charge is 0.395 e. The third-order valence-corrected chi connectivity index (χ3v) is 11.0. The summed E-state index contributed by atoms with van der Waals surface area (Å²) in [6.07, 6.45) is -1.10. The van der Waals surface area contributed by atoms with Crippen LogP contribution in [0.5, 0.6) is 0 Å². The second-order valence-corrected chi connectivity index (χ2v) is 13.5. The fourth-order valence-electron chi connectivity index (χ4n) is 4.91. The molecule has 1 aromatic carbocycles. The zero-order valence-electron chi connectivity index (χ0n) is 20.1. The van der Waals surface area contributed by atoms with Gasteiger partial charge in [-0.05, 0) is 39.8 Å². The van der Waals surface area contributed by atoms with Gasteiger partial charge in [-0.2, -0.15) is 0 Å². The molecule has 0 saturated carbocycles. The van der Waals surface area contributed by atoms with Crippen molar-refractivity contribution in [2.45, 2.75) is 62.0 Å². The molecule has 13 heteroatoms. The monoisotopic (exact) mass is 546 g/mol. The van der Waals surface area contributed by atoms with Crippen LogP contribution in [0.2, 0.25) is 0 Å². The molecule has 1 fully saturated rings. The normalized spacial score (nSPS) is 26.8. The van der Waals surface area contributed by atoms with E-state index in [0.29, 0.717) is 5.69 Å². The summed E-state index contributed by atoms with van der Waals surface area (Å²) in [4.78, 5) is 5.54. The minimum absolute atomic E-state index is 0.0172. The number of aromatic nitrogens is 4. The van der Waals surface area contributed by atoms with Crippen LogP contribution < -0.4 is 0 Å². The van der Waals surface area contributed by atoms with E-state index >= 15 is 0 Å². The Hall–Kier alpha value is -2.03. The lowest BCUT2D eigenvalue weighted by atomic mass is 10.0. The lowest BCUT2D eigenvalue weighted by Crippen LogP contribution is -2.52. The van der Waals surface area contributed by atoms with Gasteiger partial charge in [-0.1, -0.05) is 5.21 Å². The molecule has 0 radical (unpaired) electrons. The molecule has 0 amide bonds. The van der Waals surface area contributed by atoms with E-state index in [4.69, 9.17) is 0 Å². The third kappa shape index (κ3) is 4.92. The molecule has 1 aliphatic rings. The van der Waals surface area contributed by atoms with Crippen LogP contribution in [0.3, 0.4) is 0 Å². The number of hydrogen-bond acceptors (Lipinski definition) is 8. The predicted molar refractivity (Wildman–Crippen MR) is 132 cm³/mol. The predicted octanol–water partition coefficient (Wildman–Crippen LogP) is 2.59. The molecule has 8 nitrogen and oxygen atoms in total. The van der Waals surface area contributed by atoms with E-state index in [0.717, 1.165) is 22.0 Å². The minimum Gasteiger partial charge on any atom is -0.395 e. The number of rotatable bonds is 6. The number of thiol groups is 1. The summed E-state index contributed by atoms with van der Waals surface area (Å²) in [6.45, 7) is 6.66. The molecular formula is C23H29F3N4O4S2. The number of aryl methyl sites for hydroxylation is 2. The molecule has 2 aromatic heterocycles. The average Bonchev–Trinajstić information content (AvgIpc) is 3.37. The third-order valence-electron chi connectivity index (χ3n) is 6.44. The molecule has 0 bridgehead atoms. The van der Waals surface area contributed by atoms with Crippen molar-refractivity contribution >= 4 is 22.2 Å². The molecule has 0 aliphatic carbocycles. The van der Waals surface area contributed by atoms with Crippen LogP contribution in [-0.2, 0) is 0 Å². The van der Waals surface area contributed by atoms with Gasteiger partial charge in [0.25, 0.3) is 0 Å². The summed E-state index contributed by atoms with van der Waals surface area (Å²) in [5.41, 5.74) is -0.595. The Bertz CT molecular complexity index is 1230. The molecular weight excluding hydrogens is 517 g/mol. The Labute approximate surface area is 212 Å². The first-order valence-electron chi connectivity index (χ1n) is 11.3. The van der Waals surface area contributed by atoms with Gasteiger partial charge in [-0.15, -0.1) is 16.4 Å². The van der Waals surface area contributed by atoms with Crippen molar-refractivity contribution in [1.29, 1.82) is 0 Å². The van der Waals surface area contributed by atoms with Gasteiger partial charge in [0, 0.05) is 21.4 Å². The molecule has 6 atom stereocenters. The molecule has 1 saturated heterocycles. The summed E-state index contributed by atoms with van der Waals surface area (Å²) < 4.78 is 41.9. The van der Waals surface area contributed by atoms with Crippen LogP contribution in [0, 0.1) is 31.3 Å². The van der Waals surface area contributed by atoms with Crippen molar-refractivity contribution in [3.05, 3.63) is 51.4 Å². The molecule has 0 spiro atoms. The Kier molecular flexibility index (Phi) is 7.53. The zero-order chi connectivity index (χ0) is 26.5. The van der Waals surface area contributed by atoms with Crippen molar-refractivity contribution in [2.75, 3.05) is 12.4 Å². The Morgan fingerprint density at radius 1 is 1.19 bits per heavy atom. The highest BCUT2D eigenvalue weighted by atomic mass is 32.2. The second-order valence-electron chi connectivity index (χ2n) is 9.56. The Morgan fingerprint density at radius 2 is 1.83 bits per heavy atom. The maximum Gasteiger partial charge on any atom is 0.194 e. The van der Waals surface area contributed by atoms with E-state index in [-0.39, 0.29) is 17.0 Å². The summed E-state index contributed by atoms with van der Waals surface area (Å²) >= 11 is 1.49. The minimum atomic E-state index is -1.60. The van der Waals surface area contributed by atoms with Crippen molar-refractivity contribution in [2.24, 2.45) is 0 Å². The van der Waals surface area contributed by atoms with E-state index in [1.165, 1.54) is 22.2 Å². The van der Waals surface area contributed by atoms with E-state index in [1.54, 1.807) is 13.8 Å². The maximum atomic E-state index is 13.7. The first-order chi connectivity index (χ1) is 16.8. The summed E-state index contributed by atoms with van der Waals surface area (Å²) in [7, 11) is -1.37. The molecule has 198 valence electrons. The lowest BCUT2D eigenvalue weighted by Gasteiger charge is -2.50. The number of halogens is 3. The van der Waals surface area contributed by atoms with Gasteiger partial charge >= 0.3 is 0 Å². The zero-order valence-corrected chi connectivity index (χ0v) is 21.8. The van der Waals surface area contributed by atoms with E-state index in [1.807, 2.05) is 13.8 Å². The van der Waals surface area contributed by atoms with Crippen molar-refractivity contribution in [3.8, 4) is 11.3 Å². The Morgan fingerprint density at radius 3 is 2.36 bits per heavy atom. The van der Waals surface area contributed by atoms with Crippen LogP contribution in [0.1, 0.15) is 40.7 Å². The van der Waals surface area contributed by atoms with Crippen LogP contribution >= 0.6 is 22.2 Å². The highest BCUT2D eigenvalue weighted by molar-refractivity contribution is 8.18. The van der Waals surface area contributed by atoms with Gasteiger partial charge in [0.15, 0.2) is 17.5 Å². The van der Waals surface area contributed by atoms with Crippen LogP contribution in [0.4, 0.5) is 13.2 Å². The molecule has 3 aromatic rings. The van der Waals surface area contributed by atoms with Gasteiger partial charge in [-0.3, -0.25) is 0 Å². The van der Waals surface area contributed by atoms with Gasteiger partial charge in [0.05, 0.1) is 46.6 Å². The number of nitrogens with zero attached hydrogens (tertiary/aromatic N) is 4. The fourth-order valence-corrected chi connectivity index (χ4v) is 9.52. The van der Waals surface area contributed by atoms with Gasteiger partial charge in [0.1, 0.15) is 11.7 Å². The van der Waals surface area contributed by atoms with Crippen molar-refractivity contribution < 1.29 is 33.6 Å². The average molecular weight is 547 g/mol. The topological polar surface area (TPSA) is 125 Å². The number of thiazole rings is 1.